The standard InChI is InChI=1S/C18H28NO.2Re/c1-16(2,3)13-9-10-14-15(11-13)20-12-18(7,8)19(14)17(4,5)6;;/h9-12H,1-8H3;;/q-1;;. The number of hydrogen-bond acceptors (Lipinski definition) is 2. The Morgan fingerprint density at radius 3 is 2.00 bits per heavy atom. The molecule has 0 spiro atoms. The van der Waals surface area contributed by atoms with Gasteiger partial charge >= 0.3 is 0 Å². The van der Waals surface area contributed by atoms with E-state index in [1.165, 1.54) is 11.3 Å². The van der Waals surface area contributed by atoms with E-state index in [-0.39, 0.29) is 57.3 Å². The second kappa shape index (κ2) is 6.95. The Morgan fingerprint density at radius 1 is 1.00 bits per heavy atom. The van der Waals surface area contributed by atoms with E-state index < -0.39 is 0 Å². The third-order valence-corrected chi connectivity index (χ3v) is 3.79. The topological polar surface area (TPSA) is 12.5 Å². The molecule has 0 fully saturated rings. The molecule has 0 bridgehead atoms. The van der Waals surface area contributed by atoms with Crippen LogP contribution in [0.3, 0.4) is 0 Å². The van der Waals surface area contributed by atoms with E-state index in [2.05, 4.69) is 78.5 Å². The van der Waals surface area contributed by atoms with E-state index in [1.807, 2.05) is 6.61 Å². The van der Waals surface area contributed by atoms with Crippen LogP contribution in [-0.2, 0) is 46.3 Å². The molecule has 1 aromatic rings. The van der Waals surface area contributed by atoms with Crippen LogP contribution in [0.2, 0.25) is 0 Å². The number of fused-ring (bicyclic) bond motifs is 1. The van der Waals surface area contributed by atoms with E-state index in [4.69, 9.17) is 4.74 Å². The number of ether oxygens (including phenoxy) is 1. The van der Waals surface area contributed by atoms with Gasteiger partial charge in [0.15, 0.2) is 0 Å². The number of hydrogen-bond donors (Lipinski definition) is 0. The molecule has 0 N–H and O–H groups in total. The third-order valence-electron chi connectivity index (χ3n) is 3.79. The fraction of sp³-hybridized carbons (Fsp3) is 0.611. The Kier molecular flexibility index (Phi) is 6.99. The fourth-order valence-corrected chi connectivity index (χ4v) is 3.06. The van der Waals surface area contributed by atoms with Gasteiger partial charge in [0.25, 0.3) is 0 Å². The molecular formula is C18H28NORe2-. The first-order valence-electron chi connectivity index (χ1n) is 7.39. The molecule has 2 rings (SSSR count). The third kappa shape index (κ3) is 4.36. The molecule has 0 saturated heterocycles. The molecule has 4 heteroatoms. The first-order chi connectivity index (χ1) is 8.93. The molecule has 2 nitrogen and oxygen atoms in total. The van der Waals surface area contributed by atoms with Crippen molar-refractivity contribution in [3.05, 3.63) is 30.4 Å². The molecule has 22 heavy (non-hydrogen) atoms. The van der Waals surface area contributed by atoms with Gasteiger partial charge < -0.3 is 9.64 Å². The summed E-state index contributed by atoms with van der Waals surface area (Å²) >= 11 is 0. The van der Waals surface area contributed by atoms with Crippen molar-refractivity contribution in [1.82, 2.24) is 0 Å². The van der Waals surface area contributed by atoms with Crippen molar-refractivity contribution in [2.45, 2.75) is 71.9 Å². The minimum atomic E-state index is -0.117. The summed E-state index contributed by atoms with van der Waals surface area (Å²) in [6.45, 7) is 19.8. The summed E-state index contributed by atoms with van der Waals surface area (Å²) in [6.07, 6.45) is 0. The van der Waals surface area contributed by atoms with Crippen LogP contribution >= 0.6 is 0 Å². The normalized spacial score (nSPS) is 16.8. The molecule has 1 heterocycles. The molecule has 0 amide bonds. The molecule has 1 aliphatic rings. The molecule has 0 atom stereocenters. The zero-order chi connectivity index (χ0) is 15.3. The van der Waals surface area contributed by atoms with Gasteiger partial charge in [-0.15, -0.1) is 6.61 Å². The number of anilines is 1. The van der Waals surface area contributed by atoms with E-state index >= 15 is 0 Å². The van der Waals surface area contributed by atoms with Crippen molar-refractivity contribution in [1.29, 1.82) is 0 Å². The molecule has 2 radical (unpaired) electrons. The van der Waals surface area contributed by atoms with Gasteiger partial charge in [0.2, 0.25) is 0 Å². The SMILES string of the molecule is CC(C)(C)c1ccc2c(c1)O[CH-]C(C)(C)N2C(C)(C)C.[Re].[Re]. The number of nitrogens with zero attached hydrogens (tertiary/aromatic N) is 1. The maximum absolute atomic E-state index is 5.93. The Balaban J connectivity index is 0.00000220. The molecule has 0 saturated carbocycles. The van der Waals surface area contributed by atoms with Gasteiger partial charge in [-0.05, 0) is 43.9 Å². The van der Waals surface area contributed by atoms with Gasteiger partial charge in [0.05, 0.1) is 5.69 Å². The summed E-state index contributed by atoms with van der Waals surface area (Å²) in [4.78, 5) is 2.44. The second-order valence-corrected chi connectivity index (χ2v) is 8.33. The van der Waals surface area contributed by atoms with Gasteiger partial charge in [-0.2, -0.15) is 0 Å². The molecule has 0 aromatic heterocycles. The Labute approximate surface area is 163 Å². The summed E-state index contributed by atoms with van der Waals surface area (Å²) in [5, 5.41) is 0. The van der Waals surface area contributed by atoms with Gasteiger partial charge in [0.1, 0.15) is 5.75 Å². The molecule has 1 aliphatic heterocycles. The molecule has 126 valence electrons. The second-order valence-electron chi connectivity index (χ2n) is 8.33. The van der Waals surface area contributed by atoms with Crippen molar-refractivity contribution >= 4 is 5.69 Å². The summed E-state index contributed by atoms with van der Waals surface area (Å²) in [5.41, 5.74) is 2.55. The minimum Gasteiger partial charge on any atom is -0.659 e. The van der Waals surface area contributed by atoms with Gasteiger partial charge in [-0.3, -0.25) is 0 Å². The van der Waals surface area contributed by atoms with Crippen LogP contribution in [0, 0.1) is 6.61 Å². The van der Waals surface area contributed by atoms with Crippen LogP contribution in [0.5, 0.6) is 5.75 Å². The number of rotatable bonds is 0. The predicted molar refractivity (Wildman–Crippen MR) is 86.4 cm³/mol. The zero-order valence-corrected chi connectivity index (χ0v) is 20.4. The molecule has 0 aliphatic carbocycles. The summed E-state index contributed by atoms with van der Waals surface area (Å²) in [5.74, 6) is 0.965. The van der Waals surface area contributed by atoms with E-state index in [0.29, 0.717) is 0 Å². The van der Waals surface area contributed by atoms with Crippen LogP contribution < -0.4 is 9.64 Å². The Morgan fingerprint density at radius 2 is 1.55 bits per heavy atom. The summed E-state index contributed by atoms with van der Waals surface area (Å²) < 4.78 is 5.93. The Hall–Kier alpha value is 0.145. The smallest absolute Gasteiger partial charge is 0.109 e. The van der Waals surface area contributed by atoms with Crippen LogP contribution in [0.4, 0.5) is 5.69 Å². The predicted octanol–water partition coefficient (Wildman–Crippen LogP) is 4.92. The minimum absolute atomic E-state index is 0. The van der Waals surface area contributed by atoms with E-state index in [0.717, 1.165) is 5.75 Å². The van der Waals surface area contributed by atoms with Gasteiger partial charge in [0, 0.05) is 46.4 Å². The van der Waals surface area contributed by atoms with Crippen LogP contribution in [0.15, 0.2) is 18.2 Å². The van der Waals surface area contributed by atoms with Crippen LogP contribution in [-0.4, -0.2) is 11.1 Å². The van der Waals surface area contributed by atoms with Crippen molar-refractivity contribution in [2.75, 3.05) is 4.90 Å². The molecular weight excluding hydrogens is 619 g/mol. The van der Waals surface area contributed by atoms with E-state index in [9.17, 15) is 0 Å². The summed E-state index contributed by atoms with van der Waals surface area (Å²) in [6, 6.07) is 6.61. The first-order valence-corrected chi connectivity index (χ1v) is 7.39. The number of benzene rings is 1. The first kappa shape index (κ1) is 22.1. The fourth-order valence-electron chi connectivity index (χ4n) is 3.06. The van der Waals surface area contributed by atoms with Crippen molar-refractivity contribution in [2.24, 2.45) is 0 Å². The van der Waals surface area contributed by atoms with E-state index in [1.54, 1.807) is 0 Å². The maximum Gasteiger partial charge on any atom is 0.109 e. The molecule has 1 aromatic carbocycles. The quantitative estimate of drug-likeness (QED) is 0.372. The maximum atomic E-state index is 5.93. The zero-order valence-electron chi connectivity index (χ0n) is 14.9. The average molecular weight is 647 g/mol. The van der Waals surface area contributed by atoms with Gasteiger partial charge in [-0.25, -0.2) is 0 Å². The Bertz CT molecular complexity index is 513. The van der Waals surface area contributed by atoms with Crippen LogP contribution in [0.25, 0.3) is 0 Å². The van der Waals surface area contributed by atoms with Crippen LogP contribution in [0.1, 0.15) is 61.0 Å². The summed E-state index contributed by atoms with van der Waals surface area (Å²) in [7, 11) is 0. The largest absolute Gasteiger partial charge is 0.659 e. The van der Waals surface area contributed by atoms with Crippen molar-refractivity contribution in [3.8, 4) is 5.75 Å². The molecule has 0 unspecified atom stereocenters. The van der Waals surface area contributed by atoms with Crippen molar-refractivity contribution < 1.29 is 45.6 Å². The van der Waals surface area contributed by atoms with Crippen molar-refractivity contribution in [3.63, 3.8) is 0 Å². The monoisotopic (exact) mass is 648 g/mol. The average Bonchev–Trinajstić information content (AvgIpc) is 2.23. The van der Waals surface area contributed by atoms with Gasteiger partial charge in [-0.1, -0.05) is 46.2 Å².